The van der Waals surface area contributed by atoms with Gasteiger partial charge in [0, 0.05) is 86.0 Å². The Morgan fingerprint density at radius 2 is 1.93 bits per heavy atom. The molecule has 1 saturated heterocycles. The molecule has 0 bridgehead atoms. The van der Waals surface area contributed by atoms with E-state index in [-0.39, 0.29) is 43.4 Å². The largest absolute Gasteiger partial charge is 0.465 e. The van der Waals surface area contributed by atoms with E-state index in [2.05, 4.69) is 9.97 Å². The van der Waals surface area contributed by atoms with Crippen LogP contribution in [-0.2, 0) is 23.2 Å². The van der Waals surface area contributed by atoms with Crippen LogP contribution in [0.25, 0.3) is 0 Å². The molecule has 10 nitrogen and oxygen atoms in total. The van der Waals surface area contributed by atoms with E-state index in [1.54, 1.807) is 36.4 Å². The number of benzene rings is 1. The zero-order valence-corrected chi connectivity index (χ0v) is 23.1. The van der Waals surface area contributed by atoms with Crippen LogP contribution in [0.4, 0.5) is 19.3 Å². The highest BCUT2D eigenvalue weighted by Gasteiger charge is 2.41. The zero-order valence-electron chi connectivity index (χ0n) is 23.1. The van der Waals surface area contributed by atoms with Gasteiger partial charge in [0.05, 0.1) is 12.2 Å². The second-order valence-corrected chi connectivity index (χ2v) is 11.4. The summed E-state index contributed by atoms with van der Waals surface area (Å²) < 4.78 is 29.1. The van der Waals surface area contributed by atoms with E-state index < -0.39 is 29.5 Å². The summed E-state index contributed by atoms with van der Waals surface area (Å²) in [5.41, 5.74) is 1.58. The molecule has 12 heteroatoms. The van der Waals surface area contributed by atoms with Gasteiger partial charge in [0.1, 0.15) is 11.6 Å². The van der Waals surface area contributed by atoms with Gasteiger partial charge in [-0.25, -0.2) is 23.4 Å². The van der Waals surface area contributed by atoms with Crippen molar-refractivity contribution in [2.75, 3.05) is 31.1 Å². The minimum absolute atomic E-state index is 0.0112. The molecule has 0 saturated carbocycles. The zero-order chi connectivity index (χ0) is 29.5. The number of hydrogen-bond acceptors (Lipinski definition) is 6. The Hall–Kier alpha value is -4.19. The second kappa shape index (κ2) is 11.0. The number of nitrogens with zero attached hydrogens (tertiary/aromatic N) is 6. The fourth-order valence-electron chi connectivity index (χ4n) is 5.73. The first kappa shape index (κ1) is 28.3. The van der Waals surface area contributed by atoms with E-state index in [0.717, 1.165) is 11.6 Å². The summed E-state index contributed by atoms with van der Waals surface area (Å²) in [6.07, 6.45) is 3.78. The first-order chi connectivity index (χ1) is 19.4. The molecular weight excluding hydrogens is 534 g/mol. The number of carbonyl (C=O) groups excluding carboxylic acids is 1. The number of rotatable bonds is 6. The van der Waals surface area contributed by atoms with Gasteiger partial charge in [-0.05, 0) is 30.7 Å². The van der Waals surface area contributed by atoms with Crippen molar-refractivity contribution in [3.8, 4) is 0 Å². The SMILES string of the molecule is C[C@@H]1CN(CC(=O)N2CC(C)(C)c3cnc(Cc4ccc(F)cc4F)cc32)[C@H](Cn2cccnc2=O)CN1C(=O)O. The first-order valence-corrected chi connectivity index (χ1v) is 13.4. The highest BCUT2D eigenvalue weighted by Crippen LogP contribution is 2.40. The number of aromatic nitrogens is 3. The lowest BCUT2D eigenvalue weighted by atomic mass is 9.88. The average Bonchev–Trinajstić information content (AvgIpc) is 3.18. The summed E-state index contributed by atoms with van der Waals surface area (Å²) in [4.78, 5) is 51.3. The Balaban J connectivity index is 1.40. The Morgan fingerprint density at radius 1 is 1.15 bits per heavy atom. The number of carbonyl (C=O) groups is 2. The lowest BCUT2D eigenvalue weighted by Gasteiger charge is -2.44. The molecule has 4 heterocycles. The van der Waals surface area contributed by atoms with Gasteiger partial charge in [-0.15, -0.1) is 0 Å². The smallest absolute Gasteiger partial charge is 0.407 e. The van der Waals surface area contributed by atoms with Crippen LogP contribution < -0.4 is 10.6 Å². The molecule has 2 aromatic heterocycles. The third-order valence-corrected chi connectivity index (χ3v) is 7.93. The van der Waals surface area contributed by atoms with Crippen LogP contribution in [0.5, 0.6) is 0 Å². The van der Waals surface area contributed by atoms with Gasteiger partial charge in [0.15, 0.2) is 0 Å². The number of carboxylic acid groups (broad SMARTS) is 1. The molecule has 1 N–H and O–H groups in total. The molecule has 216 valence electrons. The van der Waals surface area contributed by atoms with Crippen molar-refractivity contribution in [3.05, 3.63) is 87.9 Å². The van der Waals surface area contributed by atoms with E-state index in [4.69, 9.17) is 0 Å². The lowest BCUT2D eigenvalue weighted by Crippen LogP contribution is -2.61. The number of piperazine rings is 1. The summed E-state index contributed by atoms with van der Waals surface area (Å²) >= 11 is 0. The summed E-state index contributed by atoms with van der Waals surface area (Å²) in [5.74, 6) is -1.49. The number of amides is 2. The average molecular weight is 567 g/mol. The fourth-order valence-corrected chi connectivity index (χ4v) is 5.73. The van der Waals surface area contributed by atoms with Crippen molar-refractivity contribution in [1.29, 1.82) is 0 Å². The van der Waals surface area contributed by atoms with Crippen LogP contribution in [0.15, 0.2) is 53.7 Å². The van der Waals surface area contributed by atoms with Crippen molar-refractivity contribution >= 4 is 17.7 Å². The van der Waals surface area contributed by atoms with Gasteiger partial charge in [-0.1, -0.05) is 19.9 Å². The minimum atomic E-state index is -1.06. The van der Waals surface area contributed by atoms with Crippen molar-refractivity contribution < 1.29 is 23.5 Å². The van der Waals surface area contributed by atoms with E-state index in [1.165, 1.54) is 27.8 Å². The van der Waals surface area contributed by atoms with Gasteiger partial charge in [-0.3, -0.25) is 19.2 Å². The Labute approximate surface area is 235 Å². The number of hydrogen-bond donors (Lipinski definition) is 1. The maximum atomic E-state index is 14.3. The fraction of sp³-hybridized carbons (Fsp3) is 0.414. The van der Waals surface area contributed by atoms with Gasteiger partial charge in [0.25, 0.3) is 0 Å². The molecule has 2 amide bonds. The van der Waals surface area contributed by atoms with E-state index in [9.17, 15) is 28.3 Å². The van der Waals surface area contributed by atoms with Crippen LogP contribution in [0.2, 0.25) is 0 Å². The van der Waals surface area contributed by atoms with Crippen LogP contribution in [0, 0.1) is 11.6 Å². The standard InChI is InChI=1S/C29H32F2N6O4/c1-18-13-35(22(15-36(18)28(40)41)14-34-8-4-7-32-27(34)39)16-26(38)37-17-29(2,3)23-12-33-21(11-25(23)37)9-19-5-6-20(30)10-24(19)31/h4-8,10-12,18,22H,9,13-17H2,1-3H3,(H,40,41)/t18-,22-/m1/s1. The van der Waals surface area contributed by atoms with Gasteiger partial charge < -0.3 is 14.9 Å². The molecule has 0 aliphatic carbocycles. The molecule has 41 heavy (non-hydrogen) atoms. The Morgan fingerprint density at radius 3 is 2.63 bits per heavy atom. The summed E-state index contributed by atoms with van der Waals surface area (Å²) in [6.45, 7) is 6.87. The van der Waals surface area contributed by atoms with Crippen LogP contribution in [-0.4, -0.2) is 79.7 Å². The normalized spacial score (nSPS) is 20.2. The highest BCUT2D eigenvalue weighted by molar-refractivity contribution is 5.97. The summed E-state index contributed by atoms with van der Waals surface area (Å²) in [5, 5.41) is 9.72. The molecule has 5 rings (SSSR count). The molecule has 0 radical (unpaired) electrons. The van der Waals surface area contributed by atoms with Gasteiger partial charge in [-0.2, -0.15) is 0 Å². The van der Waals surface area contributed by atoms with E-state index in [0.29, 0.717) is 30.0 Å². The predicted molar refractivity (Wildman–Crippen MR) is 147 cm³/mol. The van der Waals surface area contributed by atoms with Crippen LogP contribution in [0.1, 0.15) is 37.6 Å². The molecule has 1 fully saturated rings. The van der Waals surface area contributed by atoms with Crippen molar-refractivity contribution in [1.82, 2.24) is 24.3 Å². The first-order valence-electron chi connectivity index (χ1n) is 13.4. The maximum Gasteiger partial charge on any atom is 0.407 e. The third kappa shape index (κ3) is 5.83. The summed E-state index contributed by atoms with van der Waals surface area (Å²) in [6, 6.07) is 6.04. The maximum absolute atomic E-state index is 14.3. The predicted octanol–water partition coefficient (Wildman–Crippen LogP) is 2.88. The number of fused-ring (bicyclic) bond motifs is 1. The highest BCUT2D eigenvalue weighted by atomic mass is 19.1. The molecular formula is C29H32F2N6O4. The number of pyridine rings is 1. The van der Waals surface area contributed by atoms with E-state index in [1.807, 2.05) is 18.7 Å². The topological polar surface area (TPSA) is 112 Å². The molecule has 0 spiro atoms. The number of anilines is 1. The van der Waals surface area contributed by atoms with Gasteiger partial charge >= 0.3 is 11.8 Å². The van der Waals surface area contributed by atoms with Crippen LogP contribution in [0.3, 0.4) is 0 Å². The molecule has 2 atom stereocenters. The summed E-state index contributed by atoms with van der Waals surface area (Å²) in [7, 11) is 0. The molecule has 2 aliphatic rings. The Bertz CT molecular complexity index is 1540. The van der Waals surface area contributed by atoms with Crippen molar-refractivity contribution in [2.24, 2.45) is 0 Å². The van der Waals surface area contributed by atoms with Crippen LogP contribution >= 0.6 is 0 Å². The van der Waals surface area contributed by atoms with Crippen molar-refractivity contribution in [3.63, 3.8) is 0 Å². The molecule has 2 aliphatic heterocycles. The van der Waals surface area contributed by atoms with E-state index >= 15 is 0 Å². The molecule has 1 aromatic carbocycles. The minimum Gasteiger partial charge on any atom is -0.465 e. The van der Waals surface area contributed by atoms with Crippen molar-refractivity contribution in [2.45, 2.75) is 51.2 Å². The second-order valence-electron chi connectivity index (χ2n) is 11.4. The third-order valence-electron chi connectivity index (χ3n) is 7.93. The molecule has 3 aromatic rings. The lowest BCUT2D eigenvalue weighted by molar-refractivity contribution is -0.121. The monoisotopic (exact) mass is 566 g/mol. The van der Waals surface area contributed by atoms with Gasteiger partial charge in [0.2, 0.25) is 5.91 Å². The quantitative estimate of drug-likeness (QED) is 0.489. The molecule has 0 unspecified atom stereocenters. The Kier molecular flexibility index (Phi) is 7.60. The number of halogens is 2.